The van der Waals surface area contributed by atoms with Gasteiger partial charge < -0.3 is 0 Å². The van der Waals surface area contributed by atoms with E-state index >= 15 is 0 Å². The first kappa shape index (κ1) is 9.78. The molecule has 0 aromatic carbocycles. The molecule has 0 aliphatic carbocycles. The van der Waals surface area contributed by atoms with Gasteiger partial charge in [0.1, 0.15) is 8.80 Å². The fraction of sp³-hybridized carbons (Fsp3) is 0.778. The Morgan fingerprint density at radius 2 is 1.80 bits per heavy atom. The highest BCUT2D eigenvalue weighted by Gasteiger charge is 2.19. The van der Waals surface area contributed by atoms with E-state index in [1.165, 1.54) is 0 Å². The van der Waals surface area contributed by atoms with E-state index in [1.54, 1.807) is 0 Å². The monoisotopic (exact) mass is 153 g/mol. The SMILES string of the molecule is CCC#C[Si](C)C(C)(C)C. The van der Waals surface area contributed by atoms with Gasteiger partial charge in [0.05, 0.1) is 0 Å². The van der Waals surface area contributed by atoms with Gasteiger partial charge in [-0.2, -0.15) is 0 Å². The second kappa shape index (κ2) is 3.83. The van der Waals surface area contributed by atoms with Gasteiger partial charge in [-0.15, -0.1) is 11.5 Å². The molecule has 0 saturated carbocycles. The van der Waals surface area contributed by atoms with Crippen LogP contribution in [0.3, 0.4) is 0 Å². The van der Waals surface area contributed by atoms with Gasteiger partial charge in [-0.1, -0.05) is 34.2 Å². The molecule has 0 N–H and O–H groups in total. The third-order valence-electron chi connectivity index (χ3n) is 1.58. The summed E-state index contributed by atoms with van der Waals surface area (Å²) in [5.74, 6) is 3.15. The lowest BCUT2D eigenvalue weighted by atomic mass is 10.2. The molecule has 1 heteroatoms. The third-order valence-corrected chi connectivity index (χ3v) is 4.38. The summed E-state index contributed by atoms with van der Waals surface area (Å²) in [6.07, 6.45) is 0.998. The van der Waals surface area contributed by atoms with Crippen LogP contribution in [0.4, 0.5) is 0 Å². The molecule has 0 atom stereocenters. The van der Waals surface area contributed by atoms with Crippen LogP contribution in [0, 0.1) is 11.5 Å². The second-order valence-electron chi connectivity index (χ2n) is 3.53. The molecule has 0 aliphatic rings. The molecule has 0 amide bonds. The minimum Gasteiger partial charge on any atom is -0.133 e. The van der Waals surface area contributed by atoms with Crippen LogP contribution < -0.4 is 0 Å². The fourth-order valence-electron chi connectivity index (χ4n) is 0.408. The zero-order valence-electron chi connectivity index (χ0n) is 7.71. The lowest BCUT2D eigenvalue weighted by molar-refractivity contribution is 0.747. The summed E-state index contributed by atoms with van der Waals surface area (Å²) < 4.78 is 0. The molecule has 0 aromatic heterocycles. The van der Waals surface area contributed by atoms with Crippen LogP contribution in [0.2, 0.25) is 11.6 Å². The Hall–Kier alpha value is -0.223. The fourth-order valence-corrected chi connectivity index (χ4v) is 1.23. The van der Waals surface area contributed by atoms with Crippen LogP contribution in [0.5, 0.6) is 0 Å². The third kappa shape index (κ3) is 3.74. The van der Waals surface area contributed by atoms with Crippen molar-refractivity contribution in [3.63, 3.8) is 0 Å². The van der Waals surface area contributed by atoms with E-state index in [0.29, 0.717) is 5.04 Å². The highest BCUT2D eigenvalue weighted by Crippen LogP contribution is 2.25. The molecule has 0 aliphatic heterocycles. The number of rotatable bonds is 0. The summed E-state index contributed by atoms with van der Waals surface area (Å²) in [7, 11) is -0.429. The van der Waals surface area contributed by atoms with E-state index in [2.05, 4.69) is 45.7 Å². The van der Waals surface area contributed by atoms with E-state index < -0.39 is 8.80 Å². The summed E-state index contributed by atoms with van der Waals surface area (Å²) >= 11 is 0. The summed E-state index contributed by atoms with van der Waals surface area (Å²) in [5.41, 5.74) is 3.32. The van der Waals surface area contributed by atoms with Crippen molar-refractivity contribution in [2.75, 3.05) is 0 Å². The molecule has 0 fully saturated rings. The van der Waals surface area contributed by atoms with Gasteiger partial charge in [0, 0.05) is 6.42 Å². The lowest BCUT2D eigenvalue weighted by Crippen LogP contribution is -2.19. The van der Waals surface area contributed by atoms with E-state index in [0.717, 1.165) is 6.42 Å². The van der Waals surface area contributed by atoms with Crippen molar-refractivity contribution in [1.29, 1.82) is 0 Å². The quantitative estimate of drug-likeness (QED) is 0.371. The summed E-state index contributed by atoms with van der Waals surface area (Å²) in [5, 5.41) is 0.437. The van der Waals surface area contributed by atoms with Crippen LogP contribution in [0.1, 0.15) is 34.1 Å². The van der Waals surface area contributed by atoms with E-state index in [4.69, 9.17) is 0 Å². The number of hydrogen-bond acceptors (Lipinski definition) is 0. The Bertz CT molecular complexity index is 142. The molecule has 0 aromatic rings. The molecular weight excluding hydrogens is 136 g/mol. The van der Waals surface area contributed by atoms with Crippen molar-refractivity contribution in [3.05, 3.63) is 0 Å². The first-order valence-corrected chi connectivity index (χ1v) is 5.81. The van der Waals surface area contributed by atoms with Crippen molar-refractivity contribution >= 4 is 8.80 Å². The van der Waals surface area contributed by atoms with Gasteiger partial charge in [0.15, 0.2) is 0 Å². The maximum absolute atomic E-state index is 3.32. The smallest absolute Gasteiger partial charge is 0.133 e. The van der Waals surface area contributed by atoms with Gasteiger partial charge in [0.2, 0.25) is 0 Å². The van der Waals surface area contributed by atoms with Gasteiger partial charge >= 0.3 is 0 Å². The molecule has 10 heavy (non-hydrogen) atoms. The van der Waals surface area contributed by atoms with Gasteiger partial charge in [-0.25, -0.2) is 0 Å². The zero-order valence-corrected chi connectivity index (χ0v) is 8.71. The molecule has 0 nitrogen and oxygen atoms in total. The van der Waals surface area contributed by atoms with Gasteiger partial charge in [-0.3, -0.25) is 0 Å². The summed E-state index contributed by atoms with van der Waals surface area (Å²) in [4.78, 5) is 0. The largest absolute Gasteiger partial charge is 0.147 e. The first-order chi connectivity index (χ1) is 4.48. The average Bonchev–Trinajstić information content (AvgIpc) is 1.80. The van der Waals surface area contributed by atoms with Crippen LogP contribution in [0.15, 0.2) is 0 Å². The van der Waals surface area contributed by atoms with Gasteiger partial charge in [-0.05, 0) is 5.04 Å². The summed E-state index contributed by atoms with van der Waals surface area (Å²) in [6.45, 7) is 11.2. The maximum Gasteiger partial charge on any atom is 0.147 e. The highest BCUT2D eigenvalue weighted by molar-refractivity contribution is 6.69. The standard InChI is InChI=1S/C9H17Si/c1-6-7-8-10(5)9(2,3)4/h6H2,1-5H3. The minimum absolute atomic E-state index is 0.429. The Morgan fingerprint density at radius 3 is 2.10 bits per heavy atom. The molecule has 0 unspecified atom stereocenters. The van der Waals surface area contributed by atoms with Crippen molar-refractivity contribution in [3.8, 4) is 11.5 Å². The van der Waals surface area contributed by atoms with Crippen molar-refractivity contribution in [2.24, 2.45) is 0 Å². The number of hydrogen-bond donors (Lipinski definition) is 0. The Labute approximate surface area is 66.6 Å². The molecule has 0 bridgehead atoms. The molecule has 57 valence electrons. The normalized spacial score (nSPS) is 11.0. The molecule has 0 rings (SSSR count). The van der Waals surface area contributed by atoms with Gasteiger partial charge in [0.25, 0.3) is 0 Å². The minimum atomic E-state index is -0.429. The topological polar surface area (TPSA) is 0 Å². The molecule has 0 spiro atoms. The first-order valence-electron chi connectivity index (χ1n) is 3.81. The van der Waals surface area contributed by atoms with Crippen molar-refractivity contribution in [2.45, 2.75) is 45.7 Å². The Balaban J connectivity index is 3.97. The lowest BCUT2D eigenvalue weighted by Gasteiger charge is -2.19. The second-order valence-corrected chi connectivity index (χ2v) is 6.53. The van der Waals surface area contributed by atoms with Crippen molar-refractivity contribution in [1.82, 2.24) is 0 Å². The van der Waals surface area contributed by atoms with Crippen molar-refractivity contribution < 1.29 is 0 Å². The van der Waals surface area contributed by atoms with Crippen LogP contribution in [-0.2, 0) is 0 Å². The van der Waals surface area contributed by atoms with Crippen LogP contribution >= 0.6 is 0 Å². The molecule has 0 saturated heterocycles. The Kier molecular flexibility index (Phi) is 3.74. The van der Waals surface area contributed by atoms with Crippen LogP contribution in [0.25, 0.3) is 0 Å². The predicted molar refractivity (Wildman–Crippen MR) is 49.4 cm³/mol. The van der Waals surface area contributed by atoms with Crippen LogP contribution in [-0.4, -0.2) is 8.80 Å². The maximum atomic E-state index is 3.32. The van der Waals surface area contributed by atoms with E-state index in [-0.39, 0.29) is 0 Å². The summed E-state index contributed by atoms with van der Waals surface area (Å²) in [6, 6.07) is 0. The molecule has 1 radical (unpaired) electrons. The zero-order chi connectivity index (χ0) is 8.20. The average molecular weight is 153 g/mol. The molecular formula is C9H17Si. The highest BCUT2D eigenvalue weighted by atomic mass is 28.3. The molecule has 0 heterocycles. The van der Waals surface area contributed by atoms with E-state index in [1.807, 2.05) is 0 Å². The Morgan fingerprint density at radius 1 is 1.30 bits per heavy atom. The van der Waals surface area contributed by atoms with E-state index in [9.17, 15) is 0 Å². The predicted octanol–water partition coefficient (Wildman–Crippen LogP) is 2.86.